The molecule has 2 unspecified atom stereocenters. The minimum absolute atomic E-state index is 0.806. The molecule has 0 heterocycles. The quantitative estimate of drug-likeness (QED) is 0.408. The van der Waals surface area contributed by atoms with E-state index in [0.717, 1.165) is 5.37 Å². The van der Waals surface area contributed by atoms with Crippen LogP contribution in [-0.4, -0.2) is 16.0 Å². The first kappa shape index (κ1) is 7.24. The molecule has 0 fully saturated rings. The molecule has 3 N–H and O–H groups in total. The van der Waals surface area contributed by atoms with Gasteiger partial charge in [0, 0.05) is 5.37 Å². The lowest BCUT2D eigenvalue weighted by atomic mass is 10.8. The summed E-state index contributed by atoms with van der Waals surface area (Å²) in [6.07, 6.45) is 0. The van der Waals surface area contributed by atoms with Crippen molar-refractivity contribution in [3.8, 4) is 0 Å². The van der Waals surface area contributed by atoms with Gasteiger partial charge in [-0.1, -0.05) is 12.2 Å². The molecule has 0 amide bonds. The van der Waals surface area contributed by atoms with E-state index in [1.54, 1.807) is 0 Å². The molecule has 0 rings (SSSR count). The Labute approximate surface area is 47.4 Å². The van der Waals surface area contributed by atoms with Crippen molar-refractivity contribution < 1.29 is 9.46 Å². The molecule has 0 aliphatic heterocycles. The first-order valence-electron chi connectivity index (χ1n) is 1.62. The SMILES string of the molecule is NC(C=S)[PH](=O)O. The van der Waals surface area contributed by atoms with Crippen molar-refractivity contribution in [2.75, 3.05) is 0 Å². The molecule has 42 valence electrons. The Balaban J connectivity index is 3.55. The van der Waals surface area contributed by atoms with Gasteiger partial charge in [-0.05, 0) is 0 Å². The highest BCUT2D eigenvalue weighted by Crippen LogP contribution is 2.14. The van der Waals surface area contributed by atoms with Crippen LogP contribution in [0.25, 0.3) is 0 Å². The Morgan fingerprint density at radius 2 is 2.43 bits per heavy atom. The van der Waals surface area contributed by atoms with Crippen molar-refractivity contribution in [2.24, 2.45) is 5.73 Å². The van der Waals surface area contributed by atoms with E-state index in [-0.39, 0.29) is 0 Å². The molecule has 0 aliphatic rings. The second kappa shape index (κ2) is 3.27. The minimum Gasteiger partial charge on any atom is -0.345 e. The highest BCUT2D eigenvalue weighted by atomic mass is 32.1. The monoisotopic (exact) mass is 139 g/mol. The van der Waals surface area contributed by atoms with Crippen LogP contribution in [0.15, 0.2) is 0 Å². The van der Waals surface area contributed by atoms with Crippen LogP contribution in [-0.2, 0) is 4.57 Å². The van der Waals surface area contributed by atoms with E-state index in [4.69, 9.17) is 10.6 Å². The zero-order valence-corrected chi connectivity index (χ0v) is 5.31. The lowest BCUT2D eigenvalue weighted by molar-refractivity contribution is 0.499. The van der Waals surface area contributed by atoms with E-state index in [1.165, 1.54) is 0 Å². The number of hydrogen-bond acceptors (Lipinski definition) is 3. The summed E-state index contributed by atoms with van der Waals surface area (Å²) < 4.78 is 9.89. The maximum absolute atomic E-state index is 9.89. The van der Waals surface area contributed by atoms with E-state index in [9.17, 15) is 4.57 Å². The van der Waals surface area contributed by atoms with E-state index in [2.05, 4.69) is 12.2 Å². The summed E-state index contributed by atoms with van der Waals surface area (Å²) in [6, 6.07) is 0. The summed E-state index contributed by atoms with van der Waals surface area (Å²) in [5.41, 5.74) is 4.94. The van der Waals surface area contributed by atoms with Crippen LogP contribution in [0.2, 0.25) is 0 Å². The summed E-state index contributed by atoms with van der Waals surface area (Å²) in [5, 5.41) is 1.08. The van der Waals surface area contributed by atoms with Gasteiger partial charge in [-0.2, -0.15) is 0 Å². The zero-order valence-electron chi connectivity index (χ0n) is 3.50. The van der Waals surface area contributed by atoms with Crippen molar-refractivity contribution in [1.82, 2.24) is 0 Å². The Morgan fingerprint density at radius 3 is 2.43 bits per heavy atom. The van der Waals surface area contributed by atoms with Gasteiger partial charge >= 0.3 is 0 Å². The smallest absolute Gasteiger partial charge is 0.209 e. The Hall–Kier alpha value is 0.240. The van der Waals surface area contributed by atoms with Crippen LogP contribution in [0, 0.1) is 0 Å². The number of nitrogens with two attached hydrogens (primary N) is 1. The van der Waals surface area contributed by atoms with Gasteiger partial charge in [0.15, 0.2) is 0 Å². The molecule has 0 aromatic carbocycles. The van der Waals surface area contributed by atoms with Crippen LogP contribution in [0.3, 0.4) is 0 Å². The minimum atomic E-state index is -2.60. The fourth-order valence-electron chi connectivity index (χ4n) is 0.0582. The molecule has 5 heteroatoms. The summed E-state index contributed by atoms with van der Waals surface area (Å²) in [4.78, 5) is 8.14. The van der Waals surface area contributed by atoms with Crippen LogP contribution in [0.1, 0.15) is 0 Å². The Kier molecular flexibility index (Phi) is 3.38. The van der Waals surface area contributed by atoms with E-state index < -0.39 is 13.8 Å². The largest absolute Gasteiger partial charge is 0.345 e. The maximum atomic E-state index is 9.89. The van der Waals surface area contributed by atoms with Crippen LogP contribution < -0.4 is 5.73 Å². The lowest BCUT2D eigenvalue weighted by Crippen LogP contribution is -2.14. The highest BCUT2D eigenvalue weighted by molar-refractivity contribution is 7.79. The average Bonchev–Trinajstić information content (AvgIpc) is 1.65. The van der Waals surface area contributed by atoms with Gasteiger partial charge in [-0.3, -0.25) is 4.57 Å². The lowest BCUT2D eigenvalue weighted by Gasteiger charge is -1.93. The normalized spacial score (nSPS) is 18.0. The van der Waals surface area contributed by atoms with Gasteiger partial charge in [0.25, 0.3) is 0 Å². The fraction of sp³-hybridized carbons (Fsp3) is 0.500. The molecule has 0 radical (unpaired) electrons. The number of rotatable bonds is 2. The maximum Gasteiger partial charge on any atom is 0.209 e. The highest BCUT2D eigenvalue weighted by Gasteiger charge is 2.00. The number of hydrogen-bond donors (Lipinski definition) is 2. The van der Waals surface area contributed by atoms with Gasteiger partial charge < -0.3 is 10.6 Å². The molecule has 0 aromatic heterocycles. The van der Waals surface area contributed by atoms with E-state index in [0.29, 0.717) is 0 Å². The molecule has 0 saturated carbocycles. The van der Waals surface area contributed by atoms with Crippen molar-refractivity contribution in [1.29, 1.82) is 0 Å². The van der Waals surface area contributed by atoms with Crippen molar-refractivity contribution in [3.05, 3.63) is 0 Å². The third-order valence-electron chi connectivity index (χ3n) is 0.432. The van der Waals surface area contributed by atoms with Crippen molar-refractivity contribution >= 4 is 25.6 Å². The Bertz CT molecular complexity index is 95.7. The standard InChI is InChI=1S/C2H6NO2PS/c3-2(1-7)6(4)5/h1-2,6H,3H2,(H,4,5). The predicted molar refractivity (Wildman–Crippen MR) is 32.9 cm³/mol. The van der Waals surface area contributed by atoms with Crippen LogP contribution in [0.5, 0.6) is 0 Å². The van der Waals surface area contributed by atoms with E-state index >= 15 is 0 Å². The molecule has 7 heavy (non-hydrogen) atoms. The number of thiocarbonyl (C=S) groups is 1. The first-order chi connectivity index (χ1) is 3.18. The van der Waals surface area contributed by atoms with Gasteiger partial charge in [-0.15, -0.1) is 0 Å². The topological polar surface area (TPSA) is 63.3 Å². The third kappa shape index (κ3) is 2.88. The molecule has 0 aliphatic carbocycles. The molecule has 0 bridgehead atoms. The molecular formula is C2H6NO2PS. The first-order valence-corrected chi connectivity index (χ1v) is 3.52. The molecule has 3 nitrogen and oxygen atoms in total. The van der Waals surface area contributed by atoms with Crippen LogP contribution in [0.4, 0.5) is 0 Å². The van der Waals surface area contributed by atoms with Crippen molar-refractivity contribution in [3.63, 3.8) is 0 Å². The second-order valence-electron chi connectivity index (χ2n) is 1.00. The van der Waals surface area contributed by atoms with Gasteiger partial charge in [-0.25, -0.2) is 0 Å². The third-order valence-corrected chi connectivity index (χ3v) is 1.70. The van der Waals surface area contributed by atoms with Crippen molar-refractivity contribution in [2.45, 2.75) is 5.78 Å². The van der Waals surface area contributed by atoms with Gasteiger partial charge in [0.1, 0.15) is 5.78 Å². The average molecular weight is 139 g/mol. The molecule has 0 saturated heterocycles. The molecule has 0 spiro atoms. The Morgan fingerprint density at radius 1 is 2.00 bits per heavy atom. The van der Waals surface area contributed by atoms with Gasteiger partial charge in [0.2, 0.25) is 8.03 Å². The van der Waals surface area contributed by atoms with Gasteiger partial charge in [0.05, 0.1) is 0 Å². The summed E-state index contributed by atoms with van der Waals surface area (Å²) in [7, 11) is -2.60. The molecule has 2 atom stereocenters. The molecular weight excluding hydrogens is 133 g/mol. The van der Waals surface area contributed by atoms with Crippen LogP contribution >= 0.6 is 20.2 Å². The zero-order chi connectivity index (χ0) is 5.86. The molecule has 0 aromatic rings. The predicted octanol–water partition coefficient (Wildman–Crippen LogP) is -0.262. The summed E-state index contributed by atoms with van der Waals surface area (Å²) >= 11 is 4.27. The summed E-state index contributed by atoms with van der Waals surface area (Å²) in [5.74, 6) is -0.806. The summed E-state index contributed by atoms with van der Waals surface area (Å²) in [6.45, 7) is 0. The fourth-order valence-corrected chi connectivity index (χ4v) is 0.524. The van der Waals surface area contributed by atoms with E-state index in [1.807, 2.05) is 0 Å². The second-order valence-corrected chi connectivity index (χ2v) is 2.62.